The first-order valence-electron chi connectivity index (χ1n) is 11.6. The van der Waals surface area contributed by atoms with Crippen LogP contribution in [0, 0.1) is 0 Å². The third-order valence-electron chi connectivity index (χ3n) is 6.33. The minimum atomic E-state index is -1.08. The van der Waals surface area contributed by atoms with E-state index in [0.29, 0.717) is 6.54 Å². The summed E-state index contributed by atoms with van der Waals surface area (Å²) in [4.78, 5) is 6.74. The van der Waals surface area contributed by atoms with Gasteiger partial charge in [-0.2, -0.15) is 0 Å². The highest BCUT2D eigenvalue weighted by atomic mass is 16.3. The Morgan fingerprint density at radius 2 is 1.67 bits per heavy atom. The van der Waals surface area contributed by atoms with E-state index in [1.165, 1.54) is 44.9 Å². The molecule has 1 N–H and O–H groups in total. The second kappa shape index (κ2) is 9.57. The van der Waals surface area contributed by atoms with Gasteiger partial charge < -0.3 is 5.11 Å². The van der Waals surface area contributed by atoms with E-state index < -0.39 is 5.72 Å². The molecule has 1 aromatic heterocycles. The molecule has 0 radical (unpaired) electrons. The standard InChI is InChI=1S/C26H34N3O/c1-2-3-4-5-6-7-8-11-20-29-25-27-18-13-19-28(25)21-26(29,30)24-17-12-15-22-14-9-10-16-23(22)24/h9-10,12-19,30H,2-8,11,20-21H2,1H3/q+1. The van der Waals surface area contributed by atoms with Crippen molar-refractivity contribution in [2.24, 2.45) is 0 Å². The van der Waals surface area contributed by atoms with Crippen LogP contribution in [0.2, 0.25) is 0 Å². The van der Waals surface area contributed by atoms with Gasteiger partial charge in [-0.15, -0.1) is 0 Å². The predicted molar refractivity (Wildman–Crippen MR) is 122 cm³/mol. The molecule has 0 spiro atoms. The van der Waals surface area contributed by atoms with Crippen molar-refractivity contribution in [1.82, 2.24) is 4.98 Å². The van der Waals surface area contributed by atoms with E-state index in [-0.39, 0.29) is 0 Å². The quantitative estimate of drug-likeness (QED) is 0.367. The van der Waals surface area contributed by atoms with Gasteiger partial charge in [0.1, 0.15) is 12.7 Å². The van der Waals surface area contributed by atoms with Gasteiger partial charge in [-0.3, -0.25) is 0 Å². The molecule has 3 aromatic rings. The van der Waals surface area contributed by atoms with Crippen LogP contribution in [0.1, 0.15) is 63.9 Å². The molecule has 0 saturated heterocycles. The zero-order valence-corrected chi connectivity index (χ0v) is 18.1. The van der Waals surface area contributed by atoms with Crippen molar-refractivity contribution in [2.75, 3.05) is 11.4 Å². The fraction of sp³-hybridized carbons (Fsp3) is 0.462. The van der Waals surface area contributed by atoms with Crippen molar-refractivity contribution in [3.63, 3.8) is 0 Å². The van der Waals surface area contributed by atoms with Crippen LogP contribution in [0.3, 0.4) is 0 Å². The molecule has 1 aliphatic rings. The highest BCUT2D eigenvalue weighted by molar-refractivity contribution is 5.86. The number of rotatable bonds is 10. The minimum absolute atomic E-state index is 0.501. The Morgan fingerprint density at radius 3 is 2.50 bits per heavy atom. The third-order valence-corrected chi connectivity index (χ3v) is 6.33. The van der Waals surface area contributed by atoms with Crippen LogP contribution in [0.15, 0.2) is 60.9 Å². The average molecular weight is 405 g/mol. The summed E-state index contributed by atoms with van der Waals surface area (Å²) in [6.45, 7) is 3.57. The van der Waals surface area contributed by atoms with Crippen molar-refractivity contribution in [1.29, 1.82) is 0 Å². The Bertz CT molecular complexity index is 968. The van der Waals surface area contributed by atoms with E-state index in [1.807, 2.05) is 36.7 Å². The summed E-state index contributed by atoms with van der Waals surface area (Å²) in [5.74, 6) is 0.857. The van der Waals surface area contributed by atoms with Gasteiger partial charge in [-0.25, -0.2) is 9.47 Å². The smallest absolute Gasteiger partial charge is 0.353 e. The summed E-state index contributed by atoms with van der Waals surface area (Å²) in [7, 11) is 0. The number of hydrogen-bond acceptors (Lipinski definition) is 3. The minimum Gasteiger partial charge on any atom is -0.353 e. The topological polar surface area (TPSA) is 40.2 Å². The monoisotopic (exact) mass is 404 g/mol. The van der Waals surface area contributed by atoms with Gasteiger partial charge in [0.05, 0.1) is 12.7 Å². The number of nitrogens with zero attached hydrogens (tertiary/aromatic N) is 3. The summed E-state index contributed by atoms with van der Waals surface area (Å²) in [5, 5.41) is 14.3. The predicted octanol–water partition coefficient (Wildman–Crippen LogP) is 5.33. The van der Waals surface area contributed by atoms with Crippen LogP contribution in [0.5, 0.6) is 0 Å². The highest BCUT2D eigenvalue weighted by Gasteiger charge is 2.51. The normalized spacial score (nSPS) is 18.1. The number of aromatic nitrogens is 2. The Morgan fingerprint density at radius 1 is 0.933 bits per heavy atom. The molecule has 158 valence electrons. The lowest BCUT2D eigenvalue weighted by Gasteiger charge is -2.29. The molecule has 4 nitrogen and oxygen atoms in total. The number of hydrogen-bond donors (Lipinski definition) is 1. The van der Waals surface area contributed by atoms with Gasteiger partial charge in [0.15, 0.2) is 0 Å². The lowest BCUT2D eigenvalue weighted by atomic mass is 9.95. The van der Waals surface area contributed by atoms with Crippen molar-refractivity contribution in [3.05, 3.63) is 66.5 Å². The van der Waals surface area contributed by atoms with Crippen LogP contribution >= 0.6 is 0 Å². The van der Waals surface area contributed by atoms with Crippen molar-refractivity contribution in [2.45, 2.75) is 70.6 Å². The second-order valence-electron chi connectivity index (χ2n) is 8.52. The maximum absolute atomic E-state index is 12.0. The molecule has 2 heterocycles. The number of benzene rings is 2. The Labute approximate surface area is 180 Å². The zero-order chi connectivity index (χ0) is 20.8. The molecular weight excluding hydrogens is 370 g/mol. The largest absolute Gasteiger partial charge is 0.396 e. The summed E-state index contributed by atoms with van der Waals surface area (Å²) in [6.07, 6.45) is 14.0. The Kier molecular flexibility index (Phi) is 6.63. The fourth-order valence-electron chi connectivity index (χ4n) is 4.72. The molecule has 1 atom stereocenters. The van der Waals surface area contributed by atoms with E-state index in [9.17, 15) is 5.11 Å². The van der Waals surface area contributed by atoms with Gasteiger partial charge in [-0.1, -0.05) is 99.3 Å². The molecule has 0 saturated carbocycles. The van der Waals surface area contributed by atoms with Crippen LogP contribution in [-0.4, -0.2) is 16.6 Å². The number of aliphatic hydroxyl groups is 1. The molecule has 1 unspecified atom stereocenters. The molecule has 2 aromatic carbocycles. The van der Waals surface area contributed by atoms with E-state index in [2.05, 4.69) is 45.6 Å². The average Bonchev–Trinajstić information content (AvgIpc) is 3.07. The Hall–Kier alpha value is -2.46. The second-order valence-corrected chi connectivity index (χ2v) is 8.52. The SMILES string of the molecule is CCCCCCCCCCN1c2nccc[n+]2CC1(O)c1cccc2ccccc12. The van der Waals surface area contributed by atoms with Gasteiger partial charge in [0.25, 0.3) is 0 Å². The van der Waals surface area contributed by atoms with Gasteiger partial charge in [0, 0.05) is 11.6 Å². The van der Waals surface area contributed by atoms with E-state index in [4.69, 9.17) is 0 Å². The molecule has 4 rings (SSSR count). The van der Waals surface area contributed by atoms with E-state index in [1.54, 1.807) is 0 Å². The van der Waals surface area contributed by atoms with E-state index >= 15 is 0 Å². The highest BCUT2D eigenvalue weighted by Crippen LogP contribution is 2.37. The maximum Gasteiger partial charge on any atom is 0.396 e. The Balaban J connectivity index is 1.52. The molecule has 0 amide bonds. The molecule has 0 fully saturated rings. The van der Waals surface area contributed by atoms with Crippen LogP contribution in [-0.2, 0) is 12.3 Å². The summed E-state index contributed by atoms with van der Waals surface area (Å²) >= 11 is 0. The zero-order valence-electron chi connectivity index (χ0n) is 18.1. The summed E-state index contributed by atoms with van der Waals surface area (Å²) < 4.78 is 2.08. The number of fused-ring (bicyclic) bond motifs is 2. The van der Waals surface area contributed by atoms with Gasteiger partial charge in [0.2, 0.25) is 5.72 Å². The van der Waals surface area contributed by atoms with Crippen molar-refractivity contribution < 1.29 is 9.67 Å². The van der Waals surface area contributed by atoms with Crippen LogP contribution < -0.4 is 9.47 Å². The lowest BCUT2D eigenvalue weighted by Crippen LogP contribution is -2.46. The third kappa shape index (κ3) is 4.20. The summed E-state index contributed by atoms with van der Waals surface area (Å²) in [6, 6.07) is 16.5. The molecular formula is C26H34N3O+. The molecule has 1 aliphatic heterocycles. The molecule has 0 bridgehead atoms. The lowest BCUT2D eigenvalue weighted by molar-refractivity contribution is -0.685. The number of unbranched alkanes of at least 4 members (excludes halogenated alkanes) is 7. The van der Waals surface area contributed by atoms with Gasteiger partial charge in [-0.05, 0) is 17.2 Å². The summed E-state index contributed by atoms with van der Waals surface area (Å²) in [5.41, 5.74) is -0.116. The van der Waals surface area contributed by atoms with Crippen molar-refractivity contribution >= 4 is 16.7 Å². The van der Waals surface area contributed by atoms with Gasteiger partial charge >= 0.3 is 5.95 Å². The molecule has 4 heteroatoms. The first-order chi connectivity index (χ1) is 14.7. The molecule has 30 heavy (non-hydrogen) atoms. The van der Waals surface area contributed by atoms with Crippen LogP contribution in [0.25, 0.3) is 10.8 Å². The molecule has 0 aliphatic carbocycles. The van der Waals surface area contributed by atoms with E-state index in [0.717, 1.165) is 35.2 Å². The number of anilines is 1. The van der Waals surface area contributed by atoms with Crippen molar-refractivity contribution in [3.8, 4) is 0 Å². The first-order valence-corrected chi connectivity index (χ1v) is 11.6. The van der Waals surface area contributed by atoms with Crippen LogP contribution in [0.4, 0.5) is 5.95 Å². The fourth-order valence-corrected chi connectivity index (χ4v) is 4.72. The first kappa shape index (κ1) is 20.8. The maximum atomic E-state index is 12.0.